The SMILES string of the molecule is C=C[C@H]1CC[C@@H]2[C@@H](SC(=S)OCC)CCC(=O)[C@@]21C. The number of fused-ring (bicyclic) bond motifs is 1. The summed E-state index contributed by atoms with van der Waals surface area (Å²) >= 11 is 6.91. The van der Waals surface area contributed by atoms with Crippen molar-refractivity contribution in [3.05, 3.63) is 12.7 Å². The van der Waals surface area contributed by atoms with Crippen LogP contribution < -0.4 is 0 Å². The lowest BCUT2D eigenvalue weighted by atomic mass is 9.64. The molecule has 2 aliphatic carbocycles. The Labute approximate surface area is 125 Å². The summed E-state index contributed by atoms with van der Waals surface area (Å²) in [5.74, 6) is 1.16. The van der Waals surface area contributed by atoms with Crippen LogP contribution in [0.2, 0.25) is 0 Å². The number of carbonyl (C=O) groups excluding carboxylic acids is 1. The lowest BCUT2D eigenvalue weighted by molar-refractivity contribution is -0.133. The number of carbonyl (C=O) groups is 1. The van der Waals surface area contributed by atoms with E-state index in [1.165, 1.54) is 0 Å². The van der Waals surface area contributed by atoms with E-state index in [9.17, 15) is 4.79 Å². The average molecular weight is 298 g/mol. The number of thiocarbonyl (C=S) groups is 1. The molecule has 0 bridgehead atoms. The molecule has 0 aromatic heterocycles. The molecule has 0 amide bonds. The normalized spacial score (nSPS) is 37.8. The van der Waals surface area contributed by atoms with Crippen LogP contribution in [0.4, 0.5) is 0 Å². The Morgan fingerprint density at radius 2 is 2.32 bits per heavy atom. The summed E-state index contributed by atoms with van der Waals surface area (Å²) < 4.78 is 6.03. The Morgan fingerprint density at radius 1 is 1.58 bits per heavy atom. The van der Waals surface area contributed by atoms with Crippen LogP contribution in [0.3, 0.4) is 0 Å². The molecule has 2 saturated carbocycles. The van der Waals surface area contributed by atoms with Crippen molar-refractivity contribution in [2.75, 3.05) is 6.61 Å². The van der Waals surface area contributed by atoms with Gasteiger partial charge in [-0.3, -0.25) is 4.79 Å². The standard InChI is InChI=1S/C15H22O2S2/c1-4-10-6-7-11-12(19-14(18)17-5-2)8-9-13(16)15(10,11)3/h4,10-12H,1,5-9H2,2-3H3/t10-,11+,12-,15+/m0/s1. The topological polar surface area (TPSA) is 26.3 Å². The highest BCUT2D eigenvalue weighted by atomic mass is 32.2. The third kappa shape index (κ3) is 2.62. The second-order valence-electron chi connectivity index (χ2n) is 5.61. The van der Waals surface area contributed by atoms with Gasteiger partial charge in [0, 0.05) is 17.1 Å². The van der Waals surface area contributed by atoms with E-state index >= 15 is 0 Å². The number of ether oxygens (including phenoxy) is 1. The van der Waals surface area contributed by atoms with Gasteiger partial charge >= 0.3 is 0 Å². The number of thioether (sulfide) groups is 1. The van der Waals surface area contributed by atoms with Crippen molar-refractivity contribution in [2.45, 2.75) is 44.8 Å². The Bertz CT molecular complexity index is 394. The summed E-state index contributed by atoms with van der Waals surface area (Å²) in [4.78, 5) is 12.4. The van der Waals surface area contributed by atoms with E-state index in [-0.39, 0.29) is 5.41 Å². The summed E-state index contributed by atoms with van der Waals surface area (Å²) in [5, 5.41) is 0.423. The van der Waals surface area contributed by atoms with Gasteiger partial charge in [0.05, 0.1) is 6.61 Å². The molecule has 0 radical (unpaired) electrons. The molecule has 0 aliphatic heterocycles. The number of ketones is 1. The summed E-state index contributed by atoms with van der Waals surface area (Å²) in [5.41, 5.74) is -0.223. The van der Waals surface area contributed by atoms with Crippen LogP contribution in [0.25, 0.3) is 0 Å². The van der Waals surface area contributed by atoms with Gasteiger partial charge in [0.15, 0.2) is 0 Å². The third-order valence-electron chi connectivity index (χ3n) is 4.83. The molecular weight excluding hydrogens is 276 g/mol. The molecule has 19 heavy (non-hydrogen) atoms. The van der Waals surface area contributed by atoms with E-state index in [2.05, 4.69) is 13.5 Å². The Balaban J connectivity index is 2.15. The molecule has 0 aromatic carbocycles. The molecule has 0 unspecified atom stereocenters. The first-order valence-electron chi connectivity index (χ1n) is 7.03. The zero-order valence-corrected chi connectivity index (χ0v) is 13.3. The summed E-state index contributed by atoms with van der Waals surface area (Å²) in [7, 11) is 0. The zero-order chi connectivity index (χ0) is 14.0. The fraction of sp³-hybridized carbons (Fsp3) is 0.733. The van der Waals surface area contributed by atoms with Crippen LogP contribution in [0.5, 0.6) is 0 Å². The first-order chi connectivity index (χ1) is 9.03. The molecule has 2 rings (SSSR count). The van der Waals surface area contributed by atoms with Crippen LogP contribution in [-0.4, -0.2) is 22.0 Å². The Hall–Kier alpha value is -0.350. The summed E-state index contributed by atoms with van der Waals surface area (Å²) in [6, 6.07) is 0. The van der Waals surface area contributed by atoms with E-state index in [1.54, 1.807) is 11.8 Å². The third-order valence-corrected chi connectivity index (χ3v) is 6.41. The molecular formula is C15H22O2S2. The van der Waals surface area contributed by atoms with Gasteiger partial charge in [0.2, 0.25) is 4.38 Å². The molecule has 0 aromatic rings. The van der Waals surface area contributed by atoms with Crippen molar-refractivity contribution in [3.63, 3.8) is 0 Å². The predicted octanol–water partition coefficient (Wildman–Crippen LogP) is 3.99. The van der Waals surface area contributed by atoms with E-state index in [0.29, 0.717) is 40.3 Å². The fourth-order valence-electron chi connectivity index (χ4n) is 3.74. The molecule has 4 atom stereocenters. The first kappa shape index (κ1) is 15.0. The summed E-state index contributed by atoms with van der Waals surface area (Å²) in [6.07, 6.45) is 5.76. The molecule has 2 aliphatic rings. The highest BCUT2D eigenvalue weighted by Gasteiger charge is 2.55. The van der Waals surface area contributed by atoms with Gasteiger partial charge < -0.3 is 4.74 Å². The highest BCUT2D eigenvalue weighted by Crippen LogP contribution is 2.56. The lowest BCUT2D eigenvalue weighted by Crippen LogP contribution is -2.45. The molecule has 2 fully saturated rings. The van der Waals surface area contributed by atoms with Gasteiger partial charge in [-0.1, -0.05) is 24.8 Å². The van der Waals surface area contributed by atoms with Gasteiger partial charge in [-0.2, -0.15) is 0 Å². The smallest absolute Gasteiger partial charge is 0.220 e. The maximum absolute atomic E-state index is 12.4. The van der Waals surface area contributed by atoms with Crippen molar-refractivity contribution in [1.82, 2.24) is 0 Å². The number of rotatable bonds is 3. The van der Waals surface area contributed by atoms with Gasteiger partial charge in [0.25, 0.3) is 0 Å². The monoisotopic (exact) mass is 298 g/mol. The van der Waals surface area contributed by atoms with Crippen molar-refractivity contribution < 1.29 is 9.53 Å². The maximum atomic E-state index is 12.4. The number of Topliss-reactive ketones (excluding diaryl/α,β-unsaturated/α-hetero) is 1. The van der Waals surface area contributed by atoms with Crippen molar-refractivity contribution >= 4 is 34.1 Å². The van der Waals surface area contributed by atoms with Crippen LogP contribution >= 0.6 is 24.0 Å². The first-order valence-corrected chi connectivity index (χ1v) is 8.32. The maximum Gasteiger partial charge on any atom is 0.220 e. The van der Waals surface area contributed by atoms with Gasteiger partial charge in [0.1, 0.15) is 5.78 Å². The highest BCUT2D eigenvalue weighted by molar-refractivity contribution is 8.23. The molecule has 0 N–H and O–H groups in total. The molecule has 0 heterocycles. The van der Waals surface area contributed by atoms with Gasteiger partial charge in [-0.05, 0) is 50.2 Å². The second kappa shape index (κ2) is 5.96. The van der Waals surface area contributed by atoms with Crippen LogP contribution in [-0.2, 0) is 9.53 Å². The van der Waals surface area contributed by atoms with Crippen molar-refractivity contribution in [3.8, 4) is 0 Å². The molecule has 2 nitrogen and oxygen atoms in total. The van der Waals surface area contributed by atoms with Gasteiger partial charge in [-0.25, -0.2) is 0 Å². The van der Waals surface area contributed by atoms with Crippen LogP contribution in [0.1, 0.15) is 39.5 Å². The van der Waals surface area contributed by atoms with Crippen molar-refractivity contribution in [1.29, 1.82) is 0 Å². The molecule has 4 heteroatoms. The Kier molecular flexibility index (Phi) is 4.72. The number of allylic oxidation sites excluding steroid dienone is 1. The molecule has 0 saturated heterocycles. The Morgan fingerprint density at radius 3 is 2.95 bits per heavy atom. The number of hydrogen-bond donors (Lipinski definition) is 0. The average Bonchev–Trinajstić information content (AvgIpc) is 2.72. The minimum absolute atomic E-state index is 0.223. The van der Waals surface area contributed by atoms with Crippen molar-refractivity contribution in [2.24, 2.45) is 17.3 Å². The molecule has 106 valence electrons. The fourth-order valence-corrected chi connectivity index (χ4v) is 5.48. The predicted molar refractivity (Wildman–Crippen MR) is 84.4 cm³/mol. The van der Waals surface area contributed by atoms with E-state index in [1.807, 2.05) is 13.0 Å². The van der Waals surface area contributed by atoms with Crippen LogP contribution in [0.15, 0.2) is 12.7 Å². The minimum atomic E-state index is -0.223. The quantitative estimate of drug-likeness (QED) is 0.581. The zero-order valence-electron chi connectivity index (χ0n) is 11.7. The van der Waals surface area contributed by atoms with Gasteiger partial charge in [-0.15, -0.1) is 6.58 Å². The van der Waals surface area contributed by atoms with Crippen LogP contribution in [0, 0.1) is 17.3 Å². The number of hydrogen-bond acceptors (Lipinski definition) is 4. The minimum Gasteiger partial charge on any atom is -0.479 e. The van der Waals surface area contributed by atoms with E-state index in [0.717, 1.165) is 19.3 Å². The molecule has 0 spiro atoms. The largest absolute Gasteiger partial charge is 0.479 e. The summed E-state index contributed by atoms with van der Waals surface area (Å²) in [6.45, 7) is 8.62. The van der Waals surface area contributed by atoms with E-state index < -0.39 is 0 Å². The lowest BCUT2D eigenvalue weighted by Gasteiger charge is -2.42. The second-order valence-corrected chi connectivity index (χ2v) is 7.45. The van der Waals surface area contributed by atoms with E-state index in [4.69, 9.17) is 17.0 Å².